The fourth-order valence-corrected chi connectivity index (χ4v) is 4.03. The van der Waals surface area contributed by atoms with Gasteiger partial charge in [0.15, 0.2) is 11.6 Å². The average molecular weight is 510 g/mol. The van der Waals surface area contributed by atoms with E-state index in [1.165, 1.54) is 23.5 Å². The summed E-state index contributed by atoms with van der Waals surface area (Å²) in [6, 6.07) is 8.84. The molecular weight excluding hydrogens is 481 g/mol. The van der Waals surface area contributed by atoms with Gasteiger partial charge in [-0.05, 0) is 72.1 Å². The number of thiophene rings is 1. The Kier molecular flexibility index (Phi) is 9.24. The fraction of sp³-hybridized carbons (Fsp3) is 0.185. The number of carbonyl (C=O) groups excluding carboxylic acids is 2. The number of aryl methyl sites for hydroxylation is 1. The quantitative estimate of drug-likeness (QED) is 0.238. The van der Waals surface area contributed by atoms with Crippen molar-refractivity contribution in [3.8, 4) is 11.5 Å². The number of nitrogens with one attached hydrogen (secondary N) is 3. The number of hydrogen-bond acceptors (Lipinski definition) is 6. The summed E-state index contributed by atoms with van der Waals surface area (Å²) in [5.74, 6) is -0.0462. The molecule has 0 fully saturated rings. The van der Waals surface area contributed by atoms with Crippen molar-refractivity contribution >= 4 is 40.4 Å². The van der Waals surface area contributed by atoms with Gasteiger partial charge in [-0.25, -0.2) is 9.18 Å². The molecule has 3 aromatic rings. The van der Waals surface area contributed by atoms with Crippen molar-refractivity contribution in [2.24, 2.45) is 0 Å². The highest BCUT2D eigenvalue weighted by Gasteiger charge is 2.16. The molecule has 188 valence electrons. The summed E-state index contributed by atoms with van der Waals surface area (Å²) in [4.78, 5) is 24.2. The van der Waals surface area contributed by atoms with E-state index in [1.807, 2.05) is 48.9 Å². The molecule has 3 amide bonds. The van der Waals surface area contributed by atoms with Gasteiger partial charge in [-0.15, -0.1) is 0 Å². The number of ether oxygens (including phenoxy) is 2. The van der Waals surface area contributed by atoms with Crippen LogP contribution in [0.3, 0.4) is 0 Å². The van der Waals surface area contributed by atoms with Gasteiger partial charge in [0.1, 0.15) is 11.5 Å². The molecule has 3 rings (SSSR count). The van der Waals surface area contributed by atoms with Gasteiger partial charge in [-0.3, -0.25) is 10.1 Å². The monoisotopic (exact) mass is 509 g/mol. The van der Waals surface area contributed by atoms with Crippen molar-refractivity contribution in [2.75, 3.05) is 24.8 Å². The number of amides is 3. The number of anilines is 2. The number of rotatable bonds is 9. The van der Waals surface area contributed by atoms with E-state index in [1.54, 1.807) is 26.3 Å². The maximum Gasteiger partial charge on any atom is 0.325 e. The van der Waals surface area contributed by atoms with Gasteiger partial charge >= 0.3 is 6.03 Å². The third-order valence-corrected chi connectivity index (χ3v) is 5.86. The molecule has 1 aromatic heterocycles. The predicted octanol–water partition coefficient (Wildman–Crippen LogP) is 6.13. The van der Waals surface area contributed by atoms with Gasteiger partial charge in [-0.2, -0.15) is 11.3 Å². The van der Waals surface area contributed by atoms with Crippen LogP contribution in [0.5, 0.6) is 11.5 Å². The van der Waals surface area contributed by atoms with E-state index < -0.39 is 17.8 Å². The Hall–Kier alpha value is -4.11. The second-order valence-electron chi connectivity index (χ2n) is 7.73. The molecule has 0 spiro atoms. The third-order valence-electron chi connectivity index (χ3n) is 5.13. The summed E-state index contributed by atoms with van der Waals surface area (Å²) in [5.41, 5.74) is 3.38. The lowest BCUT2D eigenvalue weighted by molar-refractivity contribution is -0.119. The van der Waals surface area contributed by atoms with Gasteiger partial charge < -0.3 is 20.1 Å². The minimum atomic E-state index is -0.745. The number of imide groups is 1. The molecule has 9 heteroatoms. The summed E-state index contributed by atoms with van der Waals surface area (Å²) < 4.78 is 26.3. The van der Waals surface area contributed by atoms with E-state index in [2.05, 4.69) is 16.0 Å². The van der Waals surface area contributed by atoms with E-state index in [-0.39, 0.29) is 17.9 Å². The number of hydrogen-bond donors (Lipinski definition) is 3. The summed E-state index contributed by atoms with van der Waals surface area (Å²) in [7, 11) is 3.37. The lowest BCUT2D eigenvalue weighted by atomic mass is 10.0. The molecule has 2 aromatic carbocycles. The molecule has 7 nitrogen and oxygen atoms in total. The summed E-state index contributed by atoms with van der Waals surface area (Å²) in [5, 5.41) is 11.5. The van der Waals surface area contributed by atoms with E-state index in [4.69, 9.17) is 9.47 Å². The van der Waals surface area contributed by atoms with Crippen LogP contribution in [0.2, 0.25) is 0 Å². The maximum absolute atomic E-state index is 14.9. The molecule has 36 heavy (non-hydrogen) atoms. The van der Waals surface area contributed by atoms with Crippen LogP contribution in [0, 0.1) is 12.7 Å². The van der Waals surface area contributed by atoms with Crippen LogP contribution in [-0.4, -0.2) is 26.1 Å². The Morgan fingerprint density at radius 1 is 1.14 bits per heavy atom. The molecule has 0 saturated heterocycles. The maximum atomic E-state index is 14.9. The lowest BCUT2D eigenvalue weighted by Crippen LogP contribution is -2.35. The van der Waals surface area contributed by atoms with Crippen molar-refractivity contribution in [1.82, 2.24) is 5.32 Å². The summed E-state index contributed by atoms with van der Waals surface area (Å²) >= 11 is 1.47. The molecule has 0 aliphatic carbocycles. The minimum absolute atomic E-state index is 0.0218. The molecule has 0 radical (unpaired) electrons. The van der Waals surface area contributed by atoms with Gasteiger partial charge in [0.25, 0.3) is 0 Å². The van der Waals surface area contributed by atoms with E-state index in [0.29, 0.717) is 11.5 Å². The molecule has 0 aliphatic rings. The fourth-order valence-electron chi connectivity index (χ4n) is 3.37. The standard InChI is InChI=1S/C27H28FN3O4S/c1-5-6-7-23(20-15-22(29-3)25(34-4)12-17(20)2)35-24-9-8-19(14-21(24)28)30-27(33)31-26(32)13-18-10-11-36-16-18/h5-12,14-16,29H,13H2,1-4H3,(H2,30,31,32,33)/b6-5+,23-7+. The highest BCUT2D eigenvalue weighted by Crippen LogP contribution is 2.33. The van der Waals surface area contributed by atoms with Crippen LogP contribution >= 0.6 is 11.3 Å². The molecule has 3 N–H and O–H groups in total. The lowest BCUT2D eigenvalue weighted by Gasteiger charge is -2.17. The van der Waals surface area contributed by atoms with Crippen molar-refractivity contribution in [1.29, 1.82) is 0 Å². The zero-order valence-electron chi connectivity index (χ0n) is 20.5. The Bertz CT molecular complexity index is 1290. The van der Waals surface area contributed by atoms with Crippen LogP contribution in [0.1, 0.15) is 23.6 Å². The number of methoxy groups -OCH3 is 1. The molecule has 0 unspecified atom stereocenters. The zero-order valence-corrected chi connectivity index (χ0v) is 21.3. The first-order valence-corrected chi connectivity index (χ1v) is 12.1. The van der Waals surface area contributed by atoms with E-state index in [0.717, 1.165) is 28.4 Å². The first-order chi connectivity index (χ1) is 17.3. The highest BCUT2D eigenvalue weighted by molar-refractivity contribution is 7.08. The normalized spacial score (nSPS) is 11.3. The molecule has 1 heterocycles. The summed E-state index contributed by atoms with van der Waals surface area (Å²) in [6.45, 7) is 3.77. The van der Waals surface area contributed by atoms with Gasteiger partial charge in [-0.1, -0.05) is 12.2 Å². The van der Waals surface area contributed by atoms with Crippen molar-refractivity contribution in [3.05, 3.63) is 87.9 Å². The second-order valence-corrected chi connectivity index (χ2v) is 8.51. The number of benzene rings is 2. The SMILES string of the molecule is C/C=C/C=C(/Oc1ccc(NC(=O)NC(=O)Cc2ccsc2)cc1F)c1cc(NC)c(OC)cc1C. The number of urea groups is 1. The third kappa shape index (κ3) is 6.96. The van der Waals surface area contributed by atoms with Gasteiger partial charge in [0.2, 0.25) is 5.91 Å². The highest BCUT2D eigenvalue weighted by atomic mass is 32.1. The Morgan fingerprint density at radius 3 is 2.58 bits per heavy atom. The van der Waals surface area contributed by atoms with E-state index >= 15 is 0 Å². The average Bonchev–Trinajstić information content (AvgIpc) is 3.35. The number of allylic oxidation sites excluding steroid dienone is 3. The molecular formula is C27H28FN3O4S. The van der Waals surface area contributed by atoms with Crippen molar-refractivity contribution < 1.29 is 23.5 Å². The molecule has 0 bridgehead atoms. The van der Waals surface area contributed by atoms with Crippen LogP contribution in [-0.2, 0) is 11.2 Å². The second kappa shape index (κ2) is 12.6. The van der Waals surface area contributed by atoms with Gasteiger partial charge in [0, 0.05) is 24.4 Å². The smallest absolute Gasteiger partial charge is 0.325 e. The largest absolute Gasteiger partial charge is 0.495 e. The van der Waals surface area contributed by atoms with Gasteiger partial charge in [0.05, 0.1) is 19.2 Å². The van der Waals surface area contributed by atoms with Crippen LogP contribution in [0.25, 0.3) is 5.76 Å². The Balaban J connectivity index is 1.75. The molecule has 0 aliphatic heterocycles. The molecule has 0 atom stereocenters. The Morgan fingerprint density at radius 2 is 1.94 bits per heavy atom. The van der Waals surface area contributed by atoms with Crippen LogP contribution < -0.4 is 25.4 Å². The topological polar surface area (TPSA) is 88.7 Å². The first-order valence-electron chi connectivity index (χ1n) is 11.1. The summed E-state index contributed by atoms with van der Waals surface area (Å²) in [6.07, 6.45) is 5.46. The van der Waals surface area contributed by atoms with E-state index in [9.17, 15) is 14.0 Å². The molecule has 0 saturated carbocycles. The number of halogens is 1. The van der Waals surface area contributed by atoms with Crippen molar-refractivity contribution in [3.63, 3.8) is 0 Å². The zero-order chi connectivity index (χ0) is 26.1. The Labute approximate surface area is 213 Å². The van der Waals surface area contributed by atoms with Crippen molar-refractivity contribution in [2.45, 2.75) is 20.3 Å². The number of carbonyl (C=O) groups is 2. The minimum Gasteiger partial charge on any atom is -0.495 e. The van der Waals surface area contributed by atoms with Crippen LogP contribution in [0.15, 0.2) is 65.4 Å². The van der Waals surface area contributed by atoms with Crippen LogP contribution in [0.4, 0.5) is 20.6 Å². The first kappa shape index (κ1) is 26.5. The predicted molar refractivity (Wildman–Crippen MR) is 142 cm³/mol.